The monoisotopic (exact) mass is 212 g/mol. The van der Waals surface area contributed by atoms with E-state index in [1.54, 1.807) is 0 Å². The number of hydrogen-bond donors (Lipinski definition) is 1. The Morgan fingerprint density at radius 3 is 2.62 bits per heavy atom. The van der Waals surface area contributed by atoms with E-state index in [0.717, 1.165) is 0 Å². The third kappa shape index (κ3) is 1.52. The van der Waals surface area contributed by atoms with E-state index in [4.69, 9.17) is 0 Å². The molecule has 0 bridgehead atoms. The Labute approximate surface area is 99.1 Å². The summed E-state index contributed by atoms with van der Waals surface area (Å²) in [5.41, 5.74) is 0. The molecule has 0 heterocycles. The Balaban J connectivity index is 0.000000845. The van der Waals surface area contributed by atoms with Crippen LogP contribution in [0.5, 0.6) is 0 Å². The van der Waals surface area contributed by atoms with E-state index >= 15 is 0 Å². The summed E-state index contributed by atoms with van der Waals surface area (Å²) in [6, 6.07) is 0. The van der Waals surface area contributed by atoms with Gasteiger partial charge in [0.1, 0.15) is 10.1 Å². The summed E-state index contributed by atoms with van der Waals surface area (Å²) in [4.78, 5) is -1.98. The molecular weight excluding hydrogens is 203 g/mol. The molecule has 0 aromatic rings. The van der Waals surface area contributed by atoms with E-state index in [2.05, 4.69) is 0 Å². The second kappa shape index (κ2) is 3.32. The predicted molar refractivity (Wildman–Crippen MR) is 45.8 cm³/mol. The number of hydrogen-bond acceptors (Lipinski definition) is 4. The maximum atomic E-state index is 10.6. The van der Waals surface area contributed by atoms with E-state index in [0.29, 0.717) is 6.42 Å². The van der Waals surface area contributed by atoms with E-state index in [9.17, 15) is 18.1 Å². The maximum Gasteiger partial charge on any atom is 0.158 e. The van der Waals surface area contributed by atoms with Crippen LogP contribution < -0.4 is 0 Å². The van der Waals surface area contributed by atoms with Crippen molar-refractivity contribution in [1.82, 2.24) is 0 Å². The van der Waals surface area contributed by atoms with Gasteiger partial charge in [0.15, 0.2) is 4.93 Å². The van der Waals surface area contributed by atoms with Gasteiger partial charge in [-0.15, -0.1) is 0 Å². The van der Waals surface area contributed by atoms with Gasteiger partial charge in [-0.1, -0.05) is 12.2 Å². The first-order chi connectivity index (χ1) is 5.45. The zero-order valence-electron chi connectivity index (χ0n) is 7.30. The zero-order chi connectivity index (χ0) is 8.98. The van der Waals surface area contributed by atoms with E-state index < -0.39 is 15.1 Å². The van der Waals surface area contributed by atoms with Crippen molar-refractivity contribution >= 4 is 39.7 Å². The van der Waals surface area contributed by atoms with Crippen LogP contribution in [-0.4, -0.2) is 52.6 Å². The van der Waals surface area contributed by atoms with Crippen molar-refractivity contribution in [2.75, 3.05) is 0 Å². The summed E-state index contributed by atoms with van der Waals surface area (Å²) in [6.45, 7) is 0. The van der Waals surface area contributed by atoms with Gasteiger partial charge in [0.2, 0.25) is 0 Å². The van der Waals surface area contributed by atoms with E-state index in [1.165, 1.54) is 0 Å². The minimum Gasteiger partial charge on any atom is -0.746 e. The molecule has 0 saturated heterocycles. The van der Waals surface area contributed by atoms with Crippen molar-refractivity contribution in [3.05, 3.63) is 12.2 Å². The molecule has 1 saturated carbocycles. The molecule has 3 unspecified atom stereocenters. The molecule has 0 aromatic carbocycles. The van der Waals surface area contributed by atoms with Gasteiger partial charge in [0, 0.05) is 35.5 Å². The standard InChI is InChI=1S/C7H10O4S.Na/c8-7(12(9,10)11)4-5-2-1-3-6(5)7;/h1-2,5-6,8H,3-4H2,(H,9,10,11);/p-1. The molecule has 3 atom stereocenters. The summed E-state index contributed by atoms with van der Waals surface area (Å²) < 4.78 is 31.9. The van der Waals surface area contributed by atoms with Crippen LogP contribution in [0.15, 0.2) is 12.2 Å². The topological polar surface area (TPSA) is 77.4 Å². The van der Waals surface area contributed by atoms with Gasteiger partial charge in [-0.25, -0.2) is 8.42 Å². The SMILES string of the molecule is O=S(=O)([O-])C1(O)CC2C=CCC21.[Na]. The number of allylic oxidation sites excluding steroid dienone is 2. The molecule has 0 aliphatic heterocycles. The van der Waals surface area contributed by atoms with Gasteiger partial charge in [-0.2, -0.15) is 0 Å². The molecule has 4 nitrogen and oxygen atoms in total. The quantitative estimate of drug-likeness (QED) is 0.359. The second-order valence-electron chi connectivity index (χ2n) is 3.44. The van der Waals surface area contributed by atoms with Crippen molar-refractivity contribution in [2.45, 2.75) is 17.8 Å². The molecule has 1 radical (unpaired) electrons. The van der Waals surface area contributed by atoms with Crippen LogP contribution in [0.25, 0.3) is 0 Å². The molecule has 0 aromatic heterocycles. The normalized spacial score (nSPS) is 42.0. The summed E-state index contributed by atoms with van der Waals surface area (Å²) in [5, 5.41) is 9.48. The first-order valence-electron chi connectivity index (χ1n) is 3.79. The molecule has 2 aliphatic rings. The molecule has 2 aliphatic carbocycles. The average molecular weight is 212 g/mol. The average Bonchev–Trinajstić information content (AvgIpc) is 2.27. The van der Waals surface area contributed by atoms with Crippen LogP contribution >= 0.6 is 0 Å². The van der Waals surface area contributed by atoms with Gasteiger partial charge in [0.25, 0.3) is 0 Å². The first kappa shape index (κ1) is 11.7. The minimum absolute atomic E-state index is 0. The van der Waals surface area contributed by atoms with Gasteiger partial charge < -0.3 is 9.66 Å². The van der Waals surface area contributed by atoms with Gasteiger partial charge >= 0.3 is 0 Å². The van der Waals surface area contributed by atoms with Crippen LogP contribution in [0, 0.1) is 11.8 Å². The second-order valence-corrected chi connectivity index (χ2v) is 5.05. The van der Waals surface area contributed by atoms with Gasteiger partial charge in [0.05, 0.1) is 0 Å². The van der Waals surface area contributed by atoms with Gasteiger partial charge in [-0.3, -0.25) is 0 Å². The van der Waals surface area contributed by atoms with Crippen LogP contribution in [0.3, 0.4) is 0 Å². The smallest absolute Gasteiger partial charge is 0.158 e. The van der Waals surface area contributed by atoms with Crippen molar-refractivity contribution < 1.29 is 18.1 Å². The van der Waals surface area contributed by atoms with Crippen LogP contribution in [0.4, 0.5) is 0 Å². The molecule has 0 amide bonds. The molecular formula is C7H9NaO4S-. The summed E-state index contributed by atoms with van der Waals surface area (Å²) in [6.07, 6.45) is 4.26. The van der Waals surface area contributed by atoms with Crippen LogP contribution in [-0.2, 0) is 10.1 Å². The van der Waals surface area contributed by atoms with Crippen molar-refractivity contribution in [3.63, 3.8) is 0 Å². The van der Waals surface area contributed by atoms with Gasteiger partial charge in [-0.05, 0) is 18.8 Å². The van der Waals surface area contributed by atoms with E-state index in [-0.39, 0.29) is 47.8 Å². The number of aliphatic hydroxyl groups is 1. The van der Waals surface area contributed by atoms with E-state index in [1.807, 2.05) is 12.2 Å². The fourth-order valence-electron chi connectivity index (χ4n) is 2.05. The largest absolute Gasteiger partial charge is 0.746 e. The third-order valence-corrected chi connectivity index (χ3v) is 4.17. The van der Waals surface area contributed by atoms with Crippen LogP contribution in [0.2, 0.25) is 0 Å². The summed E-state index contributed by atoms with van der Waals surface area (Å²) in [5.74, 6) is -0.293. The van der Waals surface area contributed by atoms with Crippen LogP contribution in [0.1, 0.15) is 12.8 Å². The van der Waals surface area contributed by atoms with Crippen molar-refractivity contribution in [2.24, 2.45) is 11.8 Å². The molecule has 2 rings (SSSR count). The predicted octanol–water partition coefficient (Wildman–Crippen LogP) is -0.565. The molecule has 0 spiro atoms. The third-order valence-electron chi connectivity index (χ3n) is 2.83. The fourth-order valence-corrected chi connectivity index (χ4v) is 3.09. The summed E-state index contributed by atoms with van der Waals surface area (Å²) >= 11 is 0. The molecule has 6 heteroatoms. The zero-order valence-corrected chi connectivity index (χ0v) is 10.1. The Bertz CT molecular complexity index is 336. The Morgan fingerprint density at radius 2 is 2.15 bits per heavy atom. The minimum atomic E-state index is -4.55. The number of fused-ring (bicyclic) bond motifs is 1. The fraction of sp³-hybridized carbons (Fsp3) is 0.714. The Morgan fingerprint density at radius 1 is 1.54 bits per heavy atom. The van der Waals surface area contributed by atoms with Crippen molar-refractivity contribution in [1.29, 1.82) is 0 Å². The Hall–Kier alpha value is 0.610. The maximum absolute atomic E-state index is 10.6. The molecule has 69 valence electrons. The van der Waals surface area contributed by atoms with Crippen molar-refractivity contribution in [3.8, 4) is 0 Å². The first-order valence-corrected chi connectivity index (χ1v) is 5.20. The Kier molecular flexibility index (Phi) is 2.99. The number of rotatable bonds is 1. The summed E-state index contributed by atoms with van der Waals surface area (Å²) in [7, 11) is -4.55. The molecule has 1 fully saturated rings. The molecule has 1 N–H and O–H groups in total. The molecule has 13 heavy (non-hydrogen) atoms.